The summed E-state index contributed by atoms with van der Waals surface area (Å²) in [7, 11) is 1.37. The van der Waals surface area contributed by atoms with E-state index in [9.17, 15) is 4.79 Å². The van der Waals surface area contributed by atoms with E-state index < -0.39 is 0 Å². The van der Waals surface area contributed by atoms with Crippen molar-refractivity contribution in [1.82, 2.24) is 10.2 Å². The number of aromatic nitrogens is 2. The summed E-state index contributed by atoms with van der Waals surface area (Å²) < 4.78 is 4.90. The number of ether oxygens (including phenoxy) is 1. The Bertz CT molecular complexity index is 292. The molecule has 0 saturated carbocycles. The summed E-state index contributed by atoms with van der Waals surface area (Å²) in [5, 5.41) is 8.26. The van der Waals surface area contributed by atoms with Crippen LogP contribution in [0.4, 0.5) is 0 Å². The van der Waals surface area contributed by atoms with Gasteiger partial charge in [-0.3, -0.25) is 4.79 Å². The average Bonchev–Trinajstić information content (AvgIpc) is 2.51. The monoisotopic (exact) mass is 238 g/mol. The fraction of sp³-hybridized carbons (Fsp3) is 0.500. The number of carbonyl (C=O) groups is 1. The van der Waals surface area contributed by atoms with E-state index in [0.717, 1.165) is 5.01 Å². The van der Waals surface area contributed by atoms with Crippen LogP contribution in [0.3, 0.4) is 0 Å². The molecule has 0 unspecified atom stereocenters. The lowest BCUT2D eigenvalue weighted by Gasteiger charge is -1.96. The third kappa shape index (κ3) is 3.93. The number of esters is 1. The summed E-state index contributed by atoms with van der Waals surface area (Å²) in [6, 6.07) is 0. The first kappa shape index (κ1) is 10.7. The number of rotatable bonds is 4. The van der Waals surface area contributed by atoms with Crippen LogP contribution in [-0.4, -0.2) is 29.0 Å². The molecule has 0 aromatic carbocycles. The van der Waals surface area contributed by atoms with E-state index in [2.05, 4.69) is 14.9 Å². The van der Waals surface area contributed by atoms with Crippen molar-refractivity contribution < 1.29 is 9.53 Å². The largest absolute Gasteiger partial charge is 0.468 e. The summed E-state index contributed by atoms with van der Waals surface area (Å²) in [6.45, 7) is 0. The second-order valence-corrected chi connectivity index (χ2v) is 4.65. The Morgan fingerprint density at radius 3 is 3.00 bits per heavy atom. The normalized spacial score (nSPS) is 10.0. The third-order valence-electron chi connectivity index (χ3n) is 1.12. The van der Waals surface area contributed by atoms with Gasteiger partial charge in [-0.2, -0.15) is 0 Å². The van der Waals surface area contributed by atoms with E-state index in [1.54, 1.807) is 0 Å². The van der Waals surface area contributed by atoms with Crippen molar-refractivity contribution in [2.75, 3.05) is 12.9 Å². The molecule has 0 bridgehead atoms. The molecule has 0 spiro atoms. The molecule has 0 aliphatic heterocycles. The van der Waals surface area contributed by atoms with Crippen LogP contribution in [0.25, 0.3) is 0 Å². The SMILES string of the molecule is COC(=O)CSCc1nnc(Cl)s1. The van der Waals surface area contributed by atoms with Gasteiger partial charge in [-0.15, -0.1) is 22.0 Å². The summed E-state index contributed by atoms with van der Waals surface area (Å²) >= 11 is 8.32. The third-order valence-corrected chi connectivity index (χ3v) is 3.23. The second-order valence-electron chi connectivity index (χ2n) is 2.02. The molecular weight excluding hydrogens is 232 g/mol. The molecule has 0 amide bonds. The summed E-state index contributed by atoms with van der Waals surface area (Å²) in [6.07, 6.45) is 0. The Morgan fingerprint density at radius 2 is 2.46 bits per heavy atom. The Hall–Kier alpha value is -0.330. The zero-order chi connectivity index (χ0) is 9.68. The number of carbonyl (C=O) groups excluding carboxylic acids is 1. The van der Waals surface area contributed by atoms with Crippen LogP contribution in [0.5, 0.6) is 0 Å². The van der Waals surface area contributed by atoms with Gasteiger partial charge in [0.25, 0.3) is 0 Å². The zero-order valence-electron chi connectivity index (χ0n) is 6.82. The van der Waals surface area contributed by atoms with Gasteiger partial charge >= 0.3 is 5.97 Å². The van der Waals surface area contributed by atoms with Crippen molar-refractivity contribution in [2.24, 2.45) is 0 Å². The van der Waals surface area contributed by atoms with Crippen LogP contribution in [0.2, 0.25) is 4.47 Å². The Morgan fingerprint density at radius 1 is 1.69 bits per heavy atom. The van der Waals surface area contributed by atoms with E-state index in [-0.39, 0.29) is 5.97 Å². The maximum absolute atomic E-state index is 10.7. The Labute approximate surface area is 88.6 Å². The lowest BCUT2D eigenvalue weighted by atomic mass is 10.8. The highest BCUT2D eigenvalue weighted by Crippen LogP contribution is 2.19. The standard InChI is InChI=1S/C6H7ClN2O2S2/c1-11-5(10)3-12-2-4-8-9-6(7)13-4/h2-3H2,1H3. The first-order valence-electron chi connectivity index (χ1n) is 3.35. The molecule has 0 atom stereocenters. The minimum atomic E-state index is -0.236. The minimum absolute atomic E-state index is 0.236. The fourth-order valence-electron chi connectivity index (χ4n) is 0.572. The van der Waals surface area contributed by atoms with E-state index >= 15 is 0 Å². The number of methoxy groups -OCH3 is 1. The zero-order valence-corrected chi connectivity index (χ0v) is 9.21. The van der Waals surface area contributed by atoms with Crippen LogP contribution in [-0.2, 0) is 15.3 Å². The fourth-order valence-corrected chi connectivity index (χ4v) is 2.34. The predicted molar refractivity (Wildman–Crippen MR) is 53.1 cm³/mol. The molecule has 0 aliphatic rings. The van der Waals surface area contributed by atoms with Gasteiger partial charge in [0.2, 0.25) is 4.47 Å². The molecule has 13 heavy (non-hydrogen) atoms. The number of halogens is 1. The first-order valence-corrected chi connectivity index (χ1v) is 5.69. The number of nitrogens with zero attached hydrogens (tertiary/aromatic N) is 2. The molecule has 1 heterocycles. The highest BCUT2D eigenvalue weighted by molar-refractivity contribution is 7.99. The molecular formula is C6H7ClN2O2S2. The molecule has 0 N–H and O–H groups in total. The lowest BCUT2D eigenvalue weighted by Crippen LogP contribution is -2.03. The molecule has 7 heteroatoms. The van der Waals surface area contributed by atoms with E-state index in [4.69, 9.17) is 11.6 Å². The van der Waals surface area contributed by atoms with E-state index in [0.29, 0.717) is 16.0 Å². The average molecular weight is 239 g/mol. The predicted octanol–water partition coefficient (Wildman–Crippen LogP) is 1.60. The molecule has 1 rings (SSSR count). The van der Waals surface area contributed by atoms with Gasteiger partial charge in [0.1, 0.15) is 5.01 Å². The maximum Gasteiger partial charge on any atom is 0.315 e. The number of hydrogen-bond acceptors (Lipinski definition) is 6. The van der Waals surface area contributed by atoms with Gasteiger partial charge in [-0.25, -0.2) is 0 Å². The first-order chi connectivity index (χ1) is 6.22. The van der Waals surface area contributed by atoms with Gasteiger partial charge in [0.05, 0.1) is 12.9 Å². The van der Waals surface area contributed by atoms with Crippen molar-refractivity contribution in [3.05, 3.63) is 9.47 Å². The Kier molecular flexibility index (Phi) is 4.47. The number of thioether (sulfide) groups is 1. The highest BCUT2D eigenvalue weighted by Gasteiger charge is 2.04. The summed E-state index contributed by atoms with van der Waals surface area (Å²) in [5.41, 5.74) is 0. The molecule has 4 nitrogen and oxygen atoms in total. The van der Waals surface area contributed by atoms with Crippen molar-refractivity contribution in [2.45, 2.75) is 5.75 Å². The van der Waals surface area contributed by atoms with Crippen molar-refractivity contribution in [1.29, 1.82) is 0 Å². The van der Waals surface area contributed by atoms with Crippen molar-refractivity contribution >= 4 is 40.7 Å². The number of hydrogen-bond donors (Lipinski definition) is 0. The van der Waals surface area contributed by atoms with Gasteiger partial charge in [-0.05, 0) is 11.6 Å². The van der Waals surface area contributed by atoms with E-state index in [1.165, 1.54) is 30.2 Å². The molecule has 0 fully saturated rings. The van der Waals surface area contributed by atoms with Gasteiger partial charge < -0.3 is 4.74 Å². The van der Waals surface area contributed by atoms with Gasteiger partial charge in [0, 0.05) is 5.75 Å². The van der Waals surface area contributed by atoms with Gasteiger partial charge in [-0.1, -0.05) is 11.3 Å². The molecule has 72 valence electrons. The minimum Gasteiger partial charge on any atom is -0.468 e. The van der Waals surface area contributed by atoms with Crippen molar-refractivity contribution in [3.8, 4) is 0 Å². The summed E-state index contributed by atoms with van der Waals surface area (Å²) in [4.78, 5) is 10.7. The smallest absolute Gasteiger partial charge is 0.315 e. The van der Waals surface area contributed by atoms with E-state index in [1.807, 2.05) is 0 Å². The quantitative estimate of drug-likeness (QED) is 0.746. The van der Waals surface area contributed by atoms with Gasteiger partial charge in [0.15, 0.2) is 0 Å². The highest BCUT2D eigenvalue weighted by atomic mass is 35.5. The topological polar surface area (TPSA) is 52.1 Å². The lowest BCUT2D eigenvalue weighted by molar-refractivity contribution is -0.137. The van der Waals surface area contributed by atoms with Crippen molar-refractivity contribution in [3.63, 3.8) is 0 Å². The van der Waals surface area contributed by atoms with Crippen LogP contribution in [0, 0.1) is 0 Å². The van der Waals surface area contributed by atoms with Crippen LogP contribution >= 0.6 is 34.7 Å². The molecule has 0 saturated heterocycles. The van der Waals surface area contributed by atoms with Crippen LogP contribution in [0.15, 0.2) is 0 Å². The maximum atomic E-state index is 10.7. The van der Waals surface area contributed by atoms with Crippen LogP contribution in [0.1, 0.15) is 5.01 Å². The molecule has 0 radical (unpaired) electrons. The molecule has 0 aliphatic carbocycles. The summed E-state index contributed by atoms with van der Waals surface area (Å²) in [5.74, 6) is 0.730. The van der Waals surface area contributed by atoms with Crippen LogP contribution < -0.4 is 0 Å². The molecule has 1 aromatic heterocycles. The molecule has 1 aromatic rings. The Balaban J connectivity index is 2.24. The second kappa shape index (κ2) is 5.41.